The van der Waals surface area contributed by atoms with Crippen molar-refractivity contribution in [2.45, 2.75) is 26.4 Å². The predicted molar refractivity (Wildman–Crippen MR) is 113 cm³/mol. The maximum Gasteiger partial charge on any atom is 0.352 e. The average Bonchev–Trinajstić information content (AvgIpc) is 2.78. The zero-order valence-corrected chi connectivity index (χ0v) is 16.5. The second-order valence-corrected chi connectivity index (χ2v) is 6.95. The van der Waals surface area contributed by atoms with E-state index < -0.39 is 11.2 Å². The molecule has 3 heterocycles. The fraction of sp³-hybridized carbons (Fsp3) is 0.174. The molecule has 0 saturated heterocycles. The van der Waals surface area contributed by atoms with Crippen LogP contribution in [0.1, 0.15) is 28.5 Å². The van der Waals surface area contributed by atoms with Crippen LogP contribution in [0, 0.1) is 0 Å². The third kappa shape index (κ3) is 3.82. The number of Topliss-reactive ketones (excluding diaryl/α,β-unsaturated/α-hetero) is 1. The van der Waals surface area contributed by atoms with Gasteiger partial charge in [0.05, 0.1) is 24.3 Å². The lowest BCUT2D eigenvalue weighted by atomic mass is 10.1. The van der Waals surface area contributed by atoms with Gasteiger partial charge in [0.1, 0.15) is 0 Å². The van der Waals surface area contributed by atoms with Crippen LogP contribution >= 0.6 is 0 Å². The number of aryl methyl sites for hydroxylation is 1. The summed E-state index contributed by atoms with van der Waals surface area (Å²) < 4.78 is 2.60. The van der Waals surface area contributed by atoms with Crippen LogP contribution in [0.3, 0.4) is 0 Å². The molecule has 0 N–H and O–H groups in total. The molecule has 150 valence electrons. The SMILES string of the molecule is CCc1ccc(C(=O)Cn2cccc3c(=O)n(Cc4ccccn4)c(=O)nc2-3)cc1. The van der Waals surface area contributed by atoms with Gasteiger partial charge in [0.2, 0.25) is 0 Å². The Morgan fingerprint density at radius 1 is 1.00 bits per heavy atom. The largest absolute Gasteiger partial charge is 0.352 e. The van der Waals surface area contributed by atoms with Crippen LogP contribution in [0.5, 0.6) is 0 Å². The Balaban J connectivity index is 1.69. The predicted octanol–water partition coefficient (Wildman–Crippen LogP) is 2.40. The molecule has 0 fully saturated rings. The Labute approximate surface area is 172 Å². The molecule has 0 bridgehead atoms. The summed E-state index contributed by atoms with van der Waals surface area (Å²) in [7, 11) is 0. The molecule has 30 heavy (non-hydrogen) atoms. The summed E-state index contributed by atoms with van der Waals surface area (Å²) >= 11 is 0. The van der Waals surface area contributed by atoms with Crippen molar-refractivity contribution in [1.82, 2.24) is 19.1 Å². The molecule has 0 atom stereocenters. The normalized spacial score (nSPS) is 11.0. The van der Waals surface area contributed by atoms with Crippen LogP contribution in [0.15, 0.2) is 76.6 Å². The molecule has 7 heteroatoms. The van der Waals surface area contributed by atoms with Crippen LogP contribution in [-0.2, 0) is 19.5 Å². The highest BCUT2D eigenvalue weighted by atomic mass is 16.2. The lowest BCUT2D eigenvalue weighted by Gasteiger charge is -2.14. The number of fused-ring (bicyclic) bond motifs is 1. The summed E-state index contributed by atoms with van der Waals surface area (Å²) in [6.07, 6.45) is 4.15. The van der Waals surface area contributed by atoms with Crippen LogP contribution in [-0.4, -0.2) is 24.9 Å². The van der Waals surface area contributed by atoms with Crippen molar-refractivity contribution in [2.75, 3.05) is 0 Å². The number of hydrogen-bond acceptors (Lipinski definition) is 5. The molecule has 1 aromatic heterocycles. The van der Waals surface area contributed by atoms with Gasteiger partial charge in [0, 0.05) is 18.0 Å². The lowest BCUT2D eigenvalue weighted by Crippen LogP contribution is -2.38. The van der Waals surface area contributed by atoms with Gasteiger partial charge in [0.25, 0.3) is 5.56 Å². The van der Waals surface area contributed by atoms with Crippen molar-refractivity contribution in [3.8, 4) is 11.4 Å². The van der Waals surface area contributed by atoms with E-state index in [0.29, 0.717) is 11.3 Å². The van der Waals surface area contributed by atoms with Crippen LogP contribution in [0.25, 0.3) is 11.4 Å². The highest BCUT2D eigenvalue weighted by Gasteiger charge is 2.19. The standard InChI is InChI=1S/C23H20N4O3/c1-2-16-8-10-17(11-9-16)20(28)15-26-13-5-7-19-21(26)25-23(30)27(22(19)29)14-18-6-3-4-12-24-18/h3-13H,2,14-15H2,1H3. The zero-order chi connectivity index (χ0) is 21.1. The van der Waals surface area contributed by atoms with Gasteiger partial charge in [-0.05, 0) is 36.2 Å². The molecule has 0 aliphatic carbocycles. The first-order valence-corrected chi connectivity index (χ1v) is 9.69. The van der Waals surface area contributed by atoms with Crippen LogP contribution in [0.4, 0.5) is 0 Å². The summed E-state index contributed by atoms with van der Waals surface area (Å²) in [6.45, 7) is 2.08. The summed E-state index contributed by atoms with van der Waals surface area (Å²) in [5.74, 6) is 0.0744. The molecular weight excluding hydrogens is 380 g/mol. The number of carbonyl (C=O) groups excluding carboxylic acids is 1. The topological polar surface area (TPSA) is 86.9 Å². The Hall–Kier alpha value is -3.87. The Morgan fingerprint density at radius 3 is 2.50 bits per heavy atom. The fourth-order valence-electron chi connectivity index (χ4n) is 3.31. The van der Waals surface area contributed by atoms with Gasteiger partial charge in [-0.1, -0.05) is 37.3 Å². The van der Waals surface area contributed by atoms with E-state index in [2.05, 4.69) is 16.9 Å². The van der Waals surface area contributed by atoms with Gasteiger partial charge in [-0.3, -0.25) is 19.1 Å². The second-order valence-electron chi connectivity index (χ2n) is 6.95. The van der Waals surface area contributed by atoms with E-state index in [-0.39, 0.29) is 30.3 Å². The zero-order valence-electron chi connectivity index (χ0n) is 16.5. The molecule has 2 aliphatic heterocycles. The van der Waals surface area contributed by atoms with Crippen LogP contribution in [0.2, 0.25) is 0 Å². The first kappa shape index (κ1) is 19.4. The van der Waals surface area contributed by atoms with Crippen molar-refractivity contribution in [3.05, 3.63) is 105 Å². The second kappa shape index (κ2) is 8.24. The first-order chi connectivity index (χ1) is 14.6. The van der Waals surface area contributed by atoms with Gasteiger partial charge < -0.3 is 4.57 Å². The highest BCUT2D eigenvalue weighted by Crippen LogP contribution is 2.15. The number of pyridine rings is 2. The minimum Gasteiger partial charge on any atom is -0.324 e. The minimum absolute atomic E-state index is 0.0149. The fourth-order valence-corrected chi connectivity index (χ4v) is 3.31. The number of ketones is 1. The van der Waals surface area contributed by atoms with E-state index >= 15 is 0 Å². The summed E-state index contributed by atoms with van der Waals surface area (Å²) in [4.78, 5) is 46.5. The third-order valence-electron chi connectivity index (χ3n) is 4.99. The first-order valence-electron chi connectivity index (χ1n) is 9.69. The number of rotatable bonds is 6. The number of benzene rings is 1. The maximum atomic E-state index is 12.9. The van der Waals surface area contributed by atoms with E-state index in [1.807, 2.05) is 12.1 Å². The maximum absolute atomic E-state index is 12.9. The molecule has 0 amide bonds. The number of carbonyl (C=O) groups is 1. The molecule has 1 aromatic carbocycles. The van der Waals surface area contributed by atoms with Crippen molar-refractivity contribution in [1.29, 1.82) is 0 Å². The van der Waals surface area contributed by atoms with Crippen molar-refractivity contribution >= 4 is 5.78 Å². The minimum atomic E-state index is -0.669. The lowest BCUT2D eigenvalue weighted by molar-refractivity contribution is 0.0972. The van der Waals surface area contributed by atoms with Gasteiger partial charge in [0.15, 0.2) is 11.6 Å². The van der Waals surface area contributed by atoms with E-state index in [1.165, 1.54) is 0 Å². The monoisotopic (exact) mass is 400 g/mol. The van der Waals surface area contributed by atoms with E-state index in [1.54, 1.807) is 59.4 Å². The molecule has 7 nitrogen and oxygen atoms in total. The Morgan fingerprint density at radius 2 is 1.80 bits per heavy atom. The molecule has 0 unspecified atom stereocenters. The number of aromatic nitrogens is 4. The third-order valence-corrected chi connectivity index (χ3v) is 4.99. The number of hydrogen-bond donors (Lipinski definition) is 0. The smallest absolute Gasteiger partial charge is 0.324 e. The summed E-state index contributed by atoms with van der Waals surface area (Å²) in [5, 5.41) is 0. The molecular formula is C23H20N4O3. The van der Waals surface area contributed by atoms with E-state index in [9.17, 15) is 14.4 Å². The van der Waals surface area contributed by atoms with E-state index in [0.717, 1.165) is 16.6 Å². The quantitative estimate of drug-likeness (QED) is 0.464. The Kier molecular flexibility index (Phi) is 5.34. The molecule has 2 aromatic rings. The van der Waals surface area contributed by atoms with Gasteiger partial charge in [-0.15, -0.1) is 0 Å². The van der Waals surface area contributed by atoms with Crippen molar-refractivity contribution in [3.63, 3.8) is 0 Å². The Bertz CT molecular complexity index is 1270. The summed E-state index contributed by atoms with van der Waals surface area (Å²) in [5.41, 5.74) is 1.47. The van der Waals surface area contributed by atoms with Crippen molar-refractivity contribution in [2.24, 2.45) is 0 Å². The van der Waals surface area contributed by atoms with Gasteiger partial charge in [-0.25, -0.2) is 4.79 Å². The molecule has 0 saturated carbocycles. The van der Waals surface area contributed by atoms with Gasteiger partial charge >= 0.3 is 5.69 Å². The molecule has 0 radical (unpaired) electrons. The summed E-state index contributed by atoms with van der Waals surface area (Å²) in [6, 6.07) is 16.0. The highest BCUT2D eigenvalue weighted by molar-refractivity contribution is 5.96. The molecule has 2 aliphatic rings. The van der Waals surface area contributed by atoms with E-state index in [4.69, 9.17) is 0 Å². The van der Waals surface area contributed by atoms with Crippen molar-refractivity contribution < 1.29 is 4.79 Å². The van der Waals surface area contributed by atoms with Crippen LogP contribution < -0.4 is 11.2 Å². The van der Waals surface area contributed by atoms with Gasteiger partial charge in [-0.2, -0.15) is 4.98 Å². The number of nitrogens with zero attached hydrogens (tertiary/aromatic N) is 4. The average molecular weight is 400 g/mol. The molecule has 0 spiro atoms. The molecule has 4 rings (SSSR count).